The summed E-state index contributed by atoms with van der Waals surface area (Å²) < 4.78 is 0. The number of carboxylic acids is 2. The second-order valence-corrected chi connectivity index (χ2v) is 1.51. The third-order valence-corrected chi connectivity index (χ3v) is 0.553. The van der Waals surface area contributed by atoms with Gasteiger partial charge in [0.15, 0.2) is 0 Å². The quantitative estimate of drug-likeness (QED) is 0.533. The fourth-order valence-corrected chi connectivity index (χ4v) is 0.214. The second-order valence-electron chi connectivity index (χ2n) is 1.51. The number of aliphatic hydroxyl groups excluding tert-OH is 1. The average Bonchev–Trinajstić information content (AvgIpc) is 1.85. The summed E-state index contributed by atoms with van der Waals surface area (Å²) >= 11 is 0. The Morgan fingerprint density at radius 3 is 1.36 bits per heavy atom. The lowest BCUT2D eigenvalue weighted by Crippen LogP contribution is -2.00. The molecule has 0 bridgehead atoms. The Morgan fingerprint density at radius 1 is 1.09 bits per heavy atom. The number of aliphatic hydroxyl groups is 1. The molecule has 1 radical (unpaired) electrons. The Balaban J connectivity index is 0. The van der Waals surface area contributed by atoms with Crippen LogP contribution in [0.2, 0.25) is 0 Å². The molecular weight excluding hydrogens is 152 g/mol. The smallest absolute Gasteiger partial charge is 0.303 e. The molecule has 0 heterocycles. The van der Waals surface area contributed by atoms with E-state index in [2.05, 4.69) is 6.92 Å². The van der Waals surface area contributed by atoms with Crippen molar-refractivity contribution in [1.82, 2.24) is 0 Å². The van der Waals surface area contributed by atoms with Crippen molar-refractivity contribution in [2.24, 2.45) is 0 Å². The Morgan fingerprint density at radius 2 is 1.27 bits per heavy atom. The van der Waals surface area contributed by atoms with Gasteiger partial charge in [0.2, 0.25) is 0 Å². The zero-order valence-electron chi connectivity index (χ0n) is 5.99. The summed E-state index contributed by atoms with van der Waals surface area (Å²) in [6, 6.07) is 0. The number of aliphatic carboxylic acids is 2. The Labute approximate surface area is 64.3 Å². The Bertz CT molecular complexity index is 106. The summed E-state index contributed by atoms with van der Waals surface area (Å²) in [5.74, 6) is -2.15. The fraction of sp³-hybridized carbons (Fsp3) is 0.500. The number of carboxylic acid groups (broad SMARTS) is 2. The van der Waals surface area contributed by atoms with Gasteiger partial charge in [-0.05, 0) is 6.92 Å². The van der Waals surface area contributed by atoms with Gasteiger partial charge in [0.25, 0.3) is 0 Å². The van der Waals surface area contributed by atoms with Gasteiger partial charge in [0, 0.05) is 6.61 Å². The van der Waals surface area contributed by atoms with Crippen LogP contribution in [0.5, 0.6) is 0 Å². The number of rotatable bonds is 3. The van der Waals surface area contributed by atoms with E-state index in [1.807, 2.05) is 0 Å². The monoisotopic (exact) mass is 163 g/mol. The van der Waals surface area contributed by atoms with Crippen LogP contribution >= 0.6 is 0 Å². The minimum Gasteiger partial charge on any atom is -0.481 e. The van der Waals surface area contributed by atoms with E-state index in [9.17, 15) is 9.59 Å². The molecule has 3 N–H and O–H groups in total. The highest BCUT2D eigenvalue weighted by Crippen LogP contribution is 1.85. The molecule has 0 saturated heterocycles. The highest BCUT2D eigenvalue weighted by atomic mass is 16.4. The predicted molar refractivity (Wildman–Crippen MR) is 36.9 cm³/mol. The van der Waals surface area contributed by atoms with Crippen molar-refractivity contribution >= 4 is 11.9 Å². The van der Waals surface area contributed by atoms with E-state index < -0.39 is 11.9 Å². The van der Waals surface area contributed by atoms with Crippen LogP contribution < -0.4 is 0 Å². The molecule has 0 unspecified atom stereocenters. The zero-order valence-corrected chi connectivity index (χ0v) is 5.99. The summed E-state index contributed by atoms with van der Waals surface area (Å²) in [5.41, 5.74) is 0. The average molecular weight is 163 g/mol. The molecule has 0 aromatic heterocycles. The van der Waals surface area contributed by atoms with Crippen molar-refractivity contribution in [2.45, 2.75) is 12.8 Å². The molecule has 65 valence electrons. The highest BCUT2D eigenvalue weighted by molar-refractivity contribution is 5.75. The molecule has 0 amide bonds. The molecule has 0 aromatic rings. The summed E-state index contributed by atoms with van der Waals surface area (Å²) in [6.45, 7) is 3.04. The van der Waals surface area contributed by atoms with Gasteiger partial charge in [-0.1, -0.05) is 0 Å². The van der Waals surface area contributed by atoms with Crippen molar-refractivity contribution in [3.05, 3.63) is 6.92 Å². The predicted octanol–water partition coefficient (Wildman–Crippen LogP) is -0.251. The maximum absolute atomic E-state index is 9.64. The van der Waals surface area contributed by atoms with Crippen LogP contribution in [0.4, 0.5) is 0 Å². The van der Waals surface area contributed by atoms with E-state index >= 15 is 0 Å². The molecule has 0 atom stereocenters. The maximum atomic E-state index is 9.64. The van der Waals surface area contributed by atoms with E-state index in [-0.39, 0.29) is 19.4 Å². The highest BCUT2D eigenvalue weighted by Gasteiger charge is 2.00. The summed E-state index contributed by atoms with van der Waals surface area (Å²) in [6.07, 6.45) is -0.593. The van der Waals surface area contributed by atoms with Gasteiger partial charge >= 0.3 is 11.9 Å². The number of hydrogen-bond acceptors (Lipinski definition) is 3. The van der Waals surface area contributed by atoms with Crippen molar-refractivity contribution in [3.63, 3.8) is 0 Å². The van der Waals surface area contributed by atoms with Crippen LogP contribution in [-0.2, 0) is 9.59 Å². The van der Waals surface area contributed by atoms with Crippen molar-refractivity contribution in [3.8, 4) is 0 Å². The van der Waals surface area contributed by atoms with Crippen LogP contribution in [0.15, 0.2) is 0 Å². The third-order valence-electron chi connectivity index (χ3n) is 0.553. The minimum absolute atomic E-state index is 0. The van der Waals surface area contributed by atoms with E-state index in [0.29, 0.717) is 0 Å². The van der Waals surface area contributed by atoms with Gasteiger partial charge in [-0.3, -0.25) is 9.59 Å². The van der Waals surface area contributed by atoms with Gasteiger partial charge in [-0.2, -0.15) is 0 Å². The van der Waals surface area contributed by atoms with E-state index in [1.54, 1.807) is 0 Å². The van der Waals surface area contributed by atoms with Gasteiger partial charge in [-0.25, -0.2) is 0 Å². The van der Waals surface area contributed by atoms with Crippen molar-refractivity contribution in [1.29, 1.82) is 0 Å². The van der Waals surface area contributed by atoms with Crippen LogP contribution in [0.3, 0.4) is 0 Å². The topological polar surface area (TPSA) is 94.8 Å². The SMILES string of the molecule is O=C(O)CCC(=O)O.[CH2]CO. The first-order valence-corrected chi connectivity index (χ1v) is 2.88. The molecule has 0 aromatic carbocycles. The van der Waals surface area contributed by atoms with Gasteiger partial charge in [-0.15, -0.1) is 0 Å². The Hall–Kier alpha value is -1.10. The van der Waals surface area contributed by atoms with Gasteiger partial charge < -0.3 is 15.3 Å². The normalized spacial score (nSPS) is 7.82. The maximum Gasteiger partial charge on any atom is 0.303 e. The number of hydrogen-bond donors (Lipinski definition) is 3. The summed E-state index contributed by atoms with van der Waals surface area (Å²) in [4.78, 5) is 19.3. The lowest BCUT2D eigenvalue weighted by Gasteiger charge is -1.85. The second kappa shape index (κ2) is 8.90. The molecule has 5 nitrogen and oxygen atoms in total. The van der Waals surface area contributed by atoms with Crippen LogP contribution in [0, 0.1) is 6.92 Å². The molecule has 0 spiro atoms. The summed E-state index contributed by atoms with van der Waals surface area (Å²) in [5, 5.41) is 23.3. The lowest BCUT2D eigenvalue weighted by molar-refractivity contribution is -0.143. The standard InChI is InChI=1S/C4H6O4.C2H5O/c5-3(6)1-2-4(7)8;1-2-3/h1-2H2,(H,5,6)(H,7,8);3H,1-2H2. The fourth-order valence-electron chi connectivity index (χ4n) is 0.214. The summed E-state index contributed by atoms with van der Waals surface area (Å²) in [7, 11) is 0. The minimum atomic E-state index is -1.08. The molecular formula is C6H11O5. The third kappa shape index (κ3) is 27.9. The molecule has 11 heavy (non-hydrogen) atoms. The van der Waals surface area contributed by atoms with E-state index in [1.165, 1.54) is 0 Å². The number of carbonyl (C=O) groups is 2. The molecule has 5 heteroatoms. The molecule has 0 rings (SSSR count). The first-order valence-electron chi connectivity index (χ1n) is 2.88. The largest absolute Gasteiger partial charge is 0.481 e. The van der Waals surface area contributed by atoms with Crippen molar-refractivity contribution < 1.29 is 24.9 Å². The zero-order chi connectivity index (χ0) is 9.28. The van der Waals surface area contributed by atoms with E-state index in [0.717, 1.165) is 0 Å². The lowest BCUT2D eigenvalue weighted by atomic mass is 10.3. The molecule has 0 aliphatic rings. The molecule has 0 saturated carbocycles. The van der Waals surface area contributed by atoms with E-state index in [4.69, 9.17) is 15.3 Å². The molecule has 0 aliphatic heterocycles. The molecule has 0 fully saturated rings. The van der Waals surface area contributed by atoms with Crippen molar-refractivity contribution in [2.75, 3.05) is 6.61 Å². The first kappa shape index (κ1) is 12.6. The molecule has 0 aliphatic carbocycles. The van der Waals surface area contributed by atoms with Gasteiger partial charge in [0.1, 0.15) is 0 Å². The van der Waals surface area contributed by atoms with Gasteiger partial charge in [0.05, 0.1) is 12.8 Å². The Kier molecular flexibility index (Phi) is 10.2. The van der Waals surface area contributed by atoms with Crippen LogP contribution in [0.1, 0.15) is 12.8 Å². The van der Waals surface area contributed by atoms with Crippen LogP contribution in [-0.4, -0.2) is 33.9 Å². The first-order chi connectivity index (χ1) is 5.04. The van der Waals surface area contributed by atoms with Crippen LogP contribution in [0.25, 0.3) is 0 Å².